The summed E-state index contributed by atoms with van der Waals surface area (Å²) in [6.07, 6.45) is 0. The molecule has 0 aliphatic rings. The van der Waals surface area contributed by atoms with Gasteiger partial charge in [0.05, 0.1) is 32.3 Å². The van der Waals surface area contributed by atoms with E-state index in [-0.39, 0.29) is 22.9 Å². The molecule has 0 bridgehead atoms. The molecular formula is C15H15FN2O5. The number of hydrogen-bond acceptors (Lipinski definition) is 6. The molecule has 0 aliphatic carbocycles. The zero-order valence-electron chi connectivity index (χ0n) is 12.8. The highest BCUT2D eigenvalue weighted by Crippen LogP contribution is 2.39. The Hall–Kier alpha value is -3.03. The smallest absolute Gasteiger partial charge is 0.296 e. The average Bonchev–Trinajstić information content (AvgIpc) is 2.55. The first-order chi connectivity index (χ1) is 11.0. The van der Waals surface area contributed by atoms with E-state index < -0.39 is 10.7 Å². The van der Waals surface area contributed by atoms with E-state index in [2.05, 4.69) is 5.32 Å². The molecule has 0 amide bonds. The number of nitrogens with zero attached hydrogens (tertiary/aromatic N) is 1. The lowest BCUT2D eigenvalue weighted by Gasteiger charge is -2.13. The quantitative estimate of drug-likeness (QED) is 0.647. The second kappa shape index (κ2) is 6.82. The lowest BCUT2D eigenvalue weighted by Crippen LogP contribution is -2.00. The minimum Gasteiger partial charge on any atom is -0.494 e. The lowest BCUT2D eigenvalue weighted by atomic mass is 10.2. The third kappa shape index (κ3) is 3.42. The molecule has 2 aromatic rings. The van der Waals surface area contributed by atoms with Gasteiger partial charge in [0, 0.05) is 17.8 Å². The van der Waals surface area contributed by atoms with E-state index in [4.69, 9.17) is 14.2 Å². The van der Waals surface area contributed by atoms with Crippen molar-refractivity contribution in [1.82, 2.24) is 0 Å². The summed E-state index contributed by atoms with van der Waals surface area (Å²) in [6.45, 7) is 0. The molecule has 8 heteroatoms. The lowest BCUT2D eigenvalue weighted by molar-refractivity contribution is -0.384. The molecular weight excluding hydrogens is 307 g/mol. The molecule has 2 rings (SSSR count). The van der Waals surface area contributed by atoms with Gasteiger partial charge >= 0.3 is 0 Å². The van der Waals surface area contributed by atoms with Gasteiger partial charge < -0.3 is 19.5 Å². The maximum atomic E-state index is 13.4. The maximum Gasteiger partial charge on any atom is 0.296 e. The normalized spacial score (nSPS) is 10.1. The van der Waals surface area contributed by atoms with Crippen LogP contribution in [0.5, 0.6) is 17.2 Å². The van der Waals surface area contributed by atoms with Crippen molar-refractivity contribution in [2.75, 3.05) is 26.6 Å². The van der Waals surface area contributed by atoms with E-state index in [1.54, 1.807) is 0 Å². The van der Waals surface area contributed by atoms with Crippen LogP contribution in [0.25, 0.3) is 0 Å². The van der Waals surface area contributed by atoms with Gasteiger partial charge in [-0.15, -0.1) is 0 Å². The van der Waals surface area contributed by atoms with Crippen LogP contribution in [0.4, 0.5) is 21.5 Å². The van der Waals surface area contributed by atoms with Gasteiger partial charge in [0.25, 0.3) is 5.69 Å². The number of hydrogen-bond donors (Lipinski definition) is 1. The Morgan fingerprint density at radius 3 is 2.17 bits per heavy atom. The van der Waals surface area contributed by atoms with Crippen LogP contribution in [0.1, 0.15) is 0 Å². The summed E-state index contributed by atoms with van der Waals surface area (Å²) in [4.78, 5) is 10.7. The summed E-state index contributed by atoms with van der Waals surface area (Å²) in [5, 5.41) is 14.1. The van der Waals surface area contributed by atoms with Crippen molar-refractivity contribution in [1.29, 1.82) is 0 Å². The molecule has 2 aromatic carbocycles. The highest BCUT2D eigenvalue weighted by Gasteiger charge is 2.20. The second-order valence-corrected chi connectivity index (χ2v) is 4.46. The molecule has 0 atom stereocenters. The summed E-state index contributed by atoms with van der Waals surface area (Å²) in [7, 11) is 4.15. The van der Waals surface area contributed by atoms with E-state index in [0.717, 1.165) is 0 Å². The highest BCUT2D eigenvalue weighted by molar-refractivity contribution is 5.74. The van der Waals surface area contributed by atoms with Gasteiger partial charge in [-0.3, -0.25) is 10.1 Å². The zero-order chi connectivity index (χ0) is 17.0. The van der Waals surface area contributed by atoms with Gasteiger partial charge in [-0.1, -0.05) is 0 Å². The summed E-state index contributed by atoms with van der Waals surface area (Å²) < 4.78 is 28.5. The van der Waals surface area contributed by atoms with Gasteiger partial charge in [0.2, 0.25) is 0 Å². The first-order valence-corrected chi connectivity index (χ1v) is 6.51. The third-order valence-electron chi connectivity index (χ3n) is 3.13. The summed E-state index contributed by atoms with van der Waals surface area (Å²) in [5.74, 6) is 0.0640. The molecule has 23 heavy (non-hydrogen) atoms. The zero-order valence-corrected chi connectivity index (χ0v) is 12.8. The first kappa shape index (κ1) is 16.3. The molecule has 0 fully saturated rings. The number of ether oxygens (including phenoxy) is 3. The molecule has 0 aromatic heterocycles. The molecule has 7 nitrogen and oxygen atoms in total. The summed E-state index contributed by atoms with van der Waals surface area (Å²) >= 11 is 0. The van der Waals surface area contributed by atoms with Gasteiger partial charge in [-0.25, -0.2) is 4.39 Å². The number of anilines is 2. The van der Waals surface area contributed by atoms with Gasteiger partial charge in [-0.2, -0.15) is 0 Å². The van der Waals surface area contributed by atoms with Crippen LogP contribution in [0, 0.1) is 15.9 Å². The number of benzene rings is 2. The van der Waals surface area contributed by atoms with Gasteiger partial charge in [0.15, 0.2) is 23.1 Å². The van der Waals surface area contributed by atoms with Crippen LogP contribution in [0.2, 0.25) is 0 Å². The Balaban J connectivity index is 2.47. The first-order valence-electron chi connectivity index (χ1n) is 6.51. The van der Waals surface area contributed by atoms with Crippen molar-refractivity contribution in [3.05, 3.63) is 46.3 Å². The molecule has 0 saturated carbocycles. The van der Waals surface area contributed by atoms with Crippen LogP contribution in [-0.4, -0.2) is 26.3 Å². The molecule has 122 valence electrons. The topological polar surface area (TPSA) is 82.9 Å². The molecule has 1 N–H and O–H groups in total. The maximum absolute atomic E-state index is 13.4. The van der Waals surface area contributed by atoms with Crippen molar-refractivity contribution in [2.24, 2.45) is 0 Å². The highest BCUT2D eigenvalue weighted by atomic mass is 19.1. The Labute approximate surface area is 131 Å². The van der Waals surface area contributed by atoms with Crippen LogP contribution < -0.4 is 19.5 Å². The molecule has 0 radical (unpaired) electrons. The number of rotatable bonds is 6. The standard InChI is InChI=1S/C15H15FN2O5/c1-21-13-6-9(4-5-10(13)16)17-11-7-14(22-2)15(23-3)8-12(11)18(19)20/h4-8,17H,1-3H3. The monoisotopic (exact) mass is 322 g/mol. The van der Waals surface area contributed by atoms with Gasteiger partial charge in [0.1, 0.15) is 5.69 Å². The fourth-order valence-electron chi connectivity index (χ4n) is 2.01. The fourth-order valence-corrected chi connectivity index (χ4v) is 2.01. The molecule has 0 aliphatic heterocycles. The largest absolute Gasteiger partial charge is 0.494 e. The number of nitrogens with one attached hydrogen (secondary N) is 1. The fraction of sp³-hybridized carbons (Fsp3) is 0.200. The SMILES string of the molecule is COc1cc(Nc2cc(OC)c(OC)cc2[N+](=O)[O-])ccc1F. The number of halogens is 1. The van der Waals surface area contributed by atoms with Crippen molar-refractivity contribution < 1.29 is 23.5 Å². The van der Waals surface area contributed by atoms with Crippen LogP contribution in [0.15, 0.2) is 30.3 Å². The van der Waals surface area contributed by atoms with E-state index in [0.29, 0.717) is 11.4 Å². The van der Waals surface area contributed by atoms with Crippen LogP contribution in [0.3, 0.4) is 0 Å². The molecule has 0 saturated heterocycles. The molecule has 0 unspecified atom stereocenters. The summed E-state index contributed by atoms with van der Waals surface area (Å²) in [6, 6.07) is 6.73. The van der Waals surface area contributed by atoms with Crippen molar-refractivity contribution in [3.63, 3.8) is 0 Å². The van der Waals surface area contributed by atoms with E-state index in [9.17, 15) is 14.5 Å². The Morgan fingerprint density at radius 2 is 1.61 bits per heavy atom. The molecule has 0 spiro atoms. The average molecular weight is 322 g/mol. The Kier molecular flexibility index (Phi) is 4.85. The van der Waals surface area contributed by atoms with E-state index in [1.807, 2.05) is 0 Å². The minimum absolute atomic E-state index is 0.0260. The van der Waals surface area contributed by atoms with E-state index >= 15 is 0 Å². The van der Waals surface area contributed by atoms with Crippen molar-refractivity contribution >= 4 is 17.1 Å². The van der Waals surface area contributed by atoms with Crippen LogP contribution in [-0.2, 0) is 0 Å². The van der Waals surface area contributed by atoms with Gasteiger partial charge in [-0.05, 0) is 12.1 Å². The Bertz CT molecular complexity index is 736. The third-order valence-corrected chi connectivity index (χ3v) is 3.13. The van der Waals surface area contributed by atoms with E-state index in [1.165, 1.54) is 51.7 Å². The number of nitro groups is 1. The van der Waals surface area contributed by atoms with Crippen LogP contribution >= 0.6 is 0 Å². The number of nitro benzene ring substituents is 1. The predicted molar refractivity (Wildman–Crippen MR) is 82.4 cm³/mol. The van der Waals surface area contributed by atoms with Crippen molar-refractivity contribution in [2.45, 2.75) is 0 Å². The van der Waals surface area contributed by atoms with Crippen molar-refractivity contribution in [3.8, 4) is 17.2 Å². The number of methoxy groups -OCH3 is 3. The minimum atomic E-state index is -0.551. The molecule has 0 heterocycles. The predicted octanol–water partition coefficient (Wildman–Crippen LogP) is 3.50. The Morgan fingerprint density at radius 1 is 1.00 bits per heavy atom. The second-order valence-electron chi connectivity index (χ2n) is 4.46. The summed E-state index contributed by atoms with van der Waals surface area (Å²) in [5.41, 5.74) is 0.408.